The van der Waals surface area contributed by atoms with Gasteiger partial charge < -0.3 is 4.57 Å². The van der Waals surface area contributed by atoms with E-state index in [4.69, 9.17) is 10.4 Å². The molecule has 0 saturated heterocycles. The van der Waals surface area contributed by atoms with Crippen molar-refractivity contribution in [3.05, 3.63) is 47.2 Å². The van der Waals surface area contributed by atoms with E-state index in [1.807, 2.05) is 6.07 Å². The molecule has 0 aliphatic rings. The molecule has 1 heterocycles. The Balaban J connectivity index is 2.56. The summed E-state index contributed by atoms with van der Waals surface area (Å²) < 4.78 is 51.5. The number of hydrogen-bond donors (Lipinski definition) is 1. The zero-order valence-corrected chi connectivity index (χ0v) is 11.8. The van der Waals surface area contributed by atoms with Crippen molar-refractivity contribution in [2.24, 2.45) is 12.2 Å². The van der Waals surface area contributed by atoms with E-state index in [9.17, 15) is 17.2 Å². The average molecular weight is 311 g/mol. The first kappa shape index (κ1) is 15.2. The summed E-state index contributed by atoms with van der Waals surface area (Å²) >= 11 is 0. The lowest BCUT2D eigenvalue weighted by molar-refractivity contribution is 0.582. The molecule has 0 radical (unpaired) electrons. The van der Waals surface area contributed by atoms with Gasteiger partial charge in [0.15, 0.2) is 0 Å². The van der Waals surface area contributed by atoms with Gasteiger partial charge >= 0.3 is 0 Å². The van der Waals surface area contributed by atoms with Gasteiger partial charge in [-0.2, -0.15) is 5.26 Å². The number of aromatic nitrogens is 1. The highest BCUT2D eigenvalue weighted by atomic mass is 32.2. The molecule has 0 bridgehead atoms. The minimum atomic E-state index is -3.88. The van der Waals surface area contributed by atoms with Crippen molar-refractivity contribution in [1.29, 1.82) is 5.26 Å². The number of halogens is 2. The lowest BCUT2D eigenvalue weighted by Gasteiger charge is -2.09. The molecule has 0 spiro atoms. The van der Waals surface area contributed by atoms with Crippen LogP contribution in [0.3, 0.4) is 0 Å². The van der Waals surface area contributed by atoms with E-state index in [2.05, 4.69) is 0 Å². The van der Waals surface area contributed by atoms with Crippen molar-refractivity contribution in [3.8, 4) is 17.3 Å². The fraction of sp³-hybridized carbons (Fsp3) is 0.154. The number of hydrogen-bond acceptors (Lipinski definition) is 3. The van der Waals surface area contributed by atoms with Gasteiger partial charge in [0.05, 0.1) is 17.0 Å². The summed E-state index contributed by atoms with van der Waals surface area (Å²) in [6, 6.07) is 6.58. The molecular weight excluding hydrogens is 300 g/mol. The maximum Gasteiger partial charge on any atom is 0.213 e. The first-order chi connectivity index (χ1) is 9.73. The Hall–Kier alpha value is -2.24. The molecule has 5 nitrogen and oxygen atoms in total. The van der Waals surface area contributed by atoms with Gasteiger partial charge in [-0.25, -0.2) is 22.3 Å². The quantitative estimate of drug-likeness (QED) is 0.934. The third kappa shape index (κ3) is 3.09. The van der Waals surface area contributed by atoms with E-state index in [1.54, 1.807) is 0 Å². The van der Waals surface area contributed by atoms with Crippen molar-refractivity contribution in [2.75, 3.05) is 0 Å². The van der Waals surface area contributed by atoms with Crippen molar-refractivity contribution in [3.63, 3.8) is 0 Å². The summed E-state index contributed by atoms with van der Waals surface area (Å²) in [5.74, 6) is -2.49. The van der Waals surface area contributed by atoms with Crippen LogP contribution in [0.4, 0.5) is 8.78 Å². The van der Waals surface area contributed by atoms with Crippen LogP contribution in [0.25, 0.3) is 11.3 Å². The fourth-order valence-corrected chi connectivity index (χ4v) is 2.69. The first-order valence-electron chi connectivity index (χ1n) is 5.77. The highest BCUT2D eigenvalue weighted by Crippen LogP contribution is 2.28. The van der Waals surface area contributed by atoms with Crippen LogP contribution in [0.1, 0.15) is 11.3 Å². The molecule has 1 aromatic heterocycles. The summed E-state index contributed by atoms with van der Waals surface area (Å²) in [6.45, 7) is 0. The zero-order chi connectivity index (χ0) is 15.8. The van der Waals surface area contributed by atoms with Crippen LogP contribution in [0, 0.1) is 23.0 Å². The molecule has 1 aromatic carbocycles. The highest BCUT2D eigenvalue weighted by molar-refractivity contribution is 7.88. The Kier molecular flexibility index (Phi) is 3.80. The lowest BCUT2D eigenvalue weighted by atomic mass is 10.1. The number of nitriles is 1. The number of nitrogens with zero attached hydrogens (tertiary/aromatic N) is 2. The average Bonchev–Trinajstić information content (AvgIpc) is 2.68. The predicted octanol–water partition coefficient (Wildman–Crippen LogP) is 1.63. The maximum absolute atomic E-state index is 14.1. The zero-order valence-electron chi connectivity index (χ0n) is 11.0. The second kappa shape index (κ2) is 5.27. The van der Waals surface area contributed by atoms with Crippen LogP contribution in [0.15, 0.2) is 24.3 Å². The van der Waals surface area contributed by atoms with E-state index >= 15 is 0 Å². The number of primary sulfonamides is 1. The van der Waals surface area contributed by atoms with Gasteiger partial charge in [0, 0.05) is 7.05 Å². The largest absolute Gasteiger partial charge is 0.335 e. The van der Waals surface area contributed by atoms with E-state index in [-0.39, 0.29) is 22.5 Å². The Morgan fingerprint density at radius 3 is 2.29 bits per heavy atom. The molecular formula is C13H11F2N3O2S. The first-order valence-corrected chi connectivity index (χ1v) is 7.49. The van der Waals surface area contributed by atoms with Crippen LogP contribution in [-0.2, 0) is 22.8 Å². The van der Waals surface area contributed by atoms with Crippen LogP contribution in [0.2, 0.25) is 0 Å². The smallest absolute Gasteiger partial charge is 0.213 e. The molecule has 110 valence electrons. The van der Waals surface area contributed by atoms with Gasteiger partial charge in [-0.15, -0.1) is 0 Å². The van der Waals surface area contributed by atoms with Gasteiger partial charge in [-0.3, -0.25) is 0 Å². The molecule has 0 unspecified atom stereocenters. The van der Waals surface area contributed by atoms with Crippen molar-refractivity contribution >= 4 is 10.0 Å². The number of nitrogens with two attached hydrogens (primary N) is 1. The number of benzene rings is 1. The van der Waals surface area contributed by atoms with Gasteiger partial charge in [-0.05, 0) is 29.8 Å². The van der Waals surface area contributed by atoms with Crippen molar-refractivity contribution < 1.29 is 17.2 Å². The van der Waals surface area contributed by atoms with Crippen LogP contribution in [-0.4, -0.2) is 13.0 Å². The Morgan fingerprint density at radius 1 is 1.29 bits per heavy atom. The molecule has 0 saturated carbocycles. The Morgan fingerprint density at radius 2 is 1.86 bits per heavy atom. The maximum atomic E-state index is 14.1. The monoisotopic (exact) mass is 311 g/mol. The standard InChI is InChI=1S/C13H11F2N3O2S/c1-18-9(6-16)2-3-12(18)13-10(14)4-8(5-11(13)15)7-21(17,19)20/h2-5H,7H2,1H3,(H2,17,19,20). The number of sulfonamides is 1. The molecule has 21 heavy (non-hydrogen) atoms. The van der Waals surface area contributed by atoms with E-state index in [0.29, 0.717) is 0 Å². The number of rotatable bonds is 3. The minimum absolute atomic E-state index is 0.0778. The summed E-state index contributed by atoms with van der Waals surface area (Å²) in [6.07, 6.45) is 0. The molecule has 0 amide bonds. The van der Waals surface area contributed by atoms with E-state index < -0.39 is 27.4 Å². The fourth-order valence-electron chi connectivity index (χ4n) is 2.06. The summed E-state index contributed by atoms with van der Waals surface area (Å²) in [5, 5.41) is 13.7. The van der Waals surface area contributed by atoms with E-state index in [0.717, 1.165) is 12.1 Å². The molecule has 2 aromatic rings. The van der Waals surface area contributed by atoms with Gasteiger partial charge in [0.1, 0.15) is 23.4 Å². The molecule has 8 heteroatoms. The minimum Gasteiger partial charge on any atom is -0.335 e. The van der Waals surface area contributed by atoms with Gasteiger partial charge in [0.25, 0.3) is 0 Å². The Bertz CT molecular complexity index is 828. The van der Waals surface area contributed by atoms with Crippen LogP contribution >= 0.6 is 0 Å². The normalized spacial score (nSPS) is 11.4. The summed E-state index contributed by atoms with van der Waals surface area (Å²) in [4.78, 5) is 0. The molecule has 2 rings (SSSR count). The third-order valence-corrected chi connectivity index (χ3v) is 3.70. The third-order valence-electron chi connectivity index (χ3n) is 2.96. The topological polar surface area (TPSA) is 88.9 Å². The summed E-state index contributed by atoms with van der Waals surface area (Å²) in [5.41, 5.74) is 0.0317. The predicted molar refractivity (Wildman–Crippen MR) is 72.3 cm³/mol. The second-order valence-electron chi connectivity index (χ2n) is 4.52. The van der Waals surface area contributed by atoms with Crippen LogP contribution in [0.5, 0.6) is 0 Å². The Labute approximate surface area is 120 Å². The van der Waals surface area contributed by atoms with Crippen LogP contribution < -0.4 is 5.14 Å². The van der Waals surface area contributed by atoms with Gasteiger partial charge in [0.2, 0.25) is 10.0 Å². The molecule has 0 aliphatic carbocycles. The van der Waals surface area contributed by atoms with Gasteiger partial charge in [-0.1, -0.05) is 0 Å². The molecule has 0 aliphatic heterocycles. The highest BCUT2D eigenvalue weighted by Gasteiger charge is 2.18. The second-order valence-corrected chi connectivity index (χ2v) is 6.13. The SMILES string of the molecule is Cn1c(C#N)ccc1-c1c(F)cc(CS(N)(=O)=O)cc1F. The lowest BCUT2D eigenvalue weighted by Crippen LogP contribution is -2.15. The molecule has 2 N–H and O–H groups in total. The molecule has 0 fully saturated rings. The van der Waals surface area contributed by atoms with Crippen molar-refractivity contribution in [2.45, 2.75) is 5.75 Å². The van der Waals surface area contributed by atoms with Crippen molar-refractivity contribution in [1.82, 2.24) is 4.57 Å². The van der Waals surface area contributed by atoms with E-state index in [1.165, 1.54) is 23.7 Å². The summed E-state index contributed by atoms with van der Waals surface area (Å²) in [7, 11) is -2.37. The molecule has 0 atom stereocenters.